The van der Waals surface area contributed by atoms with Gasteiger partial charge in [-0.25, -0.2) is 4.58 Å². The predicted octanol–water partition coefficient (Wildman–Crippen LogP) is 2.47. The lowest BCUT2D eigenvalue weighted by molar-refractivity contribution is -0.496. The standard InChI is InChI=1S/C13H17N2/c1-11-9-12(2)15(10-14(11)3)13-7-5-4-6-8-13/h4-9H,10H2,1-3H3/q+1. The van der Waals surface area contributed by atoms with E-state index in [1.54, 1.807) is 0 Å². The molecule has 1 aromatic rings. The summed E-state index contributed by atoms with van der Waals surface area (Å²) in [5.74, 6) is 0. The van der Waals surface area contributed by atoms with Gasteiger partial charge in [-0.3, -0.25) is 4.90 Å². The fourth-order valence-corrected chi connectivity index (χ4v) is 1.82. The molecule has 0 aliphatic carbocycles. The van der Waals surface area contributed by atoms with Gasteiger partial charge in [-0.2, -0.15) is 0 Å². The second-order valence-electron chi connectivity index (χ2n) is 4.03. The van der Waals surface area contributed by atoms with Crippen molar-refractivity contribution < 1.29 is 4.58 Å². The lowest BCUT2D eigenvalue weighted by Gasteiger charge is -2.25. The Morgan fingerprint density at radius 2 is 1.80 bits per heavy atom. The van der Waals surface area contributed by atoms with Gasteiger partial charge in [0.15, 0.2) is 5.71 Å². The maximum Gasteiger partial charge on any atom is 0.222 e. The van der Waals surface area contributed by atoms with Crippen molar-refractivity contribution in [3.63, 3.8) is 0 Å². The minimum Gasteiger partial charge on any atom is -0.290 e. The quantitative estimate of drug-likeness (QED) is 0.633. The third-order valence-electron chi connectivity index (χ3n) is 2.87. The zero-order valence-corrected chi connectivity index (χ0v) is 9.57. The molecule has 0 bridgehead atoms. The number of benzene rings is 1. The normalized spacial score (nSPS) is 16.7. The SMILES string of the molecule is CC1=CC(C)=[N+](C)CN1c1ccccc1. The van der Waals surface area contributed by atoms with Gasteiger partial charge in [0, 0.05) is 24.4 Å². The highest BCUT2D eigenvalue weighted by Crippen LogP contribution is 2.20. The Hall–Kier alpha value is -1.57. The fraction of sp³-hybridized carbons (Fsp3) is 0.308. The Kier molecular flexibility index (Phi) is 2.58. The highest BCUT2D eigenvalue weighted by Gasteiger charge is 2.19. The van der Waals surface area contributed by atoms with Crippen molar-refractivity contribution in [2.24, 2.45) is 0 Å². The van der Waals surface area contributed by atoms with Crippen molar-refractivity contribution >= 4 is 11.4 Å². The largest absolute Gasteiger partial charge is 0.290 e. The fourth-order valence-electron chi connectivity index (χ4n) is 1.82. The second-order valence-corrected chi connectivity index (χ2v) is 4.03. The first-order chi connectivity index (χ1) is 7.18. The van der Waals surface area contributed by atoms with Crippen molar-refractivity contribution in [2.45, 2.75) is 13.8 Å². The molecule has 0 unspecified atom stereocenters. The van der Waals surface area contributed by atoms with Crippen LogP contribution in [0.4, 0.5) is 5.69 Å². The Morgan fingerprint density at radius 1 is 1.13 bits per heavy atom. The number of nitrogens with zero attached hydrogens (tertiary/aromatic N) is 2. The second kappa shape index (κ2) is 3.89. The number of rotatable bonds is 1. The maximum absolute atomic E-state index is 2.31. The van der Waals surface area contributed by atoms with E-state index in [-0.39, 0.29) is 0 Å². The third kappa shape index (κ3) is 1.94. The minimum atomic E-state index is 0.929. The van der Waals surface area contributed by atoms with Crippen LogP contribution in [-0.4, -0.2) is 24.0 Å². The van der Waals surface area contributed by atoms with Gasteiger partial charge < -0.3 is 0 Å². The highest BCUT2D eigenvalue weighted by atomic mass is 15.3. The molecule has 0 radical (unpaired) electrons. The first-order valence-corrected chi connectivity index (χ1v) is 5.24. The molecule has 2 rings (SSSR count). The first kappa shape index (κ1) is 9.97. The maximum atomic E-state index is 2.31. The zero-order valence-electron chi connectivity index (χ0n) is 9.57. The van der Waals surface area contributed by atoms with Crippen LogP contribution in [0.1, 0.15) is 13.8 Å². The summed E-state index contributed by atoms with van der Waals surface area (Å²) in [5.41, 5.74) is 3.88. The van der Waals surface area contributed by atoms with E-state index in [0.29, 0.717) is 0 Å². The molecule has 0 saturated heterocycles. The van der Waals surface area contributed by atoms with E-state index in [9.17, 15) is 0 Å². The Balaban J connectivity index is 2.32. The van der Waals surface area contributed by atoms with E-state index in [2.05, 4.69) is 60.7 Å². The van der Waals surface area contributed by atoms with Gasteiger partial charge in [0.1, 0.15) is 7.05 Å². The number of hydrogen-bond acceptors (Lipinski definition) is 1. The summed E-state index contributed by atoms with van der Waals surface area (Å²) >= 11 is 0. The number of para-hydroxylation sites is 1. The van der Waals surface area contributed by atoms with E-state index in [1.165, 1.54) is 17.1 Å². The van der Waals surface area contributed by atoms with Crippen molar-refractivity contribution in [3.05, 3.63) is 42.1 Å². The molecule has 1 aliphatic heterocycles. The van der Waals surface area contributed by atoms with Crippen molar-refractivity contribution in [2.75, 3.05) is 18.6 Å². The summed E-state index contributed by atoms with van der Waals surface area (Å²) < 4.78 is 2.25. The van der Waals surface area contributed by atoms with Crippen molar-refractivity contribution in [3.8, 4) is 0 Å². The summed E-state index contributed by atoms with van der Waals surface area (Å²) in [5, 5.41) is 0. The summed E-state index contributed by atoms with van der Waals surface area (Å²) in [4.78, 5) is 2.31. The highest BCUT2D eigenvalue weighted by molar-refractivity contribution is 5.90. The molecule has 1 aromatic carbocycles. The number of allylic oxidation sites excluding steroid dienone is 2. The molecule has 0 saturated carbocycles. The van der Waals surface area contributed by atoms with Gasteiger partial charge in [0.05, 0.1) is 0 Å². The lowest BCUT2D eigenvalue weighted by atomic mass is 10.2. The molecule has 0 N–H and O–H groups in total. The van der Waals surface area contributed by atoms with Crippen LogP contribution >= 0.6 is 0 Å². The van der Waals surface area contributed by atoms with E-state index >= 15 is 0 Å². The summed E-state index contributed by atoms with van der Waals surface area (Å²) in [6.07, 6.45) is 2.22. The average molecular weight is 201 g/mol. The molecule has 0 amide bonds. The van der Waals surface area contributed by atoms with E-state index in [4.69, 9.17) is 0 Å². The summed E-state index contributed by atoms with van der Waals surface area (Å²) in [6.45, 7) is 5.23. The van der Waals surface area contributed by atoms with Crippen LogP contribution in [0.2, 0.25) is 0 Å². The molecule has 1 heterocycles. The lowest BCUT2D eigenvalue weighted by Crippen LogP contribution is -2.35. The van der Waals surface area contributed by atoms with Crippen LogP contribution in [-0.2, 0) is 0 Å². The molecule has 0 aromatic heterocycles. The number of anilines is 1. The van der Waals surface area contributed by atoms with Gasteiger partial charge in [-0.1, -0.05) is 18.2 Å². The van der Waals surface area contributed by atoms with Gasteiger partial charge in [0.2, 0.25) is 6.67 Å². The van der Waals surface area contributed by atoms with E-state index in [0.717, 1.165) is 6.67 Å². The summed E-state index contributed by atoms with van der Waals surface area (Å²) in [6, 6.07) is 10.5. The van der Waals surface area contributed by atoms with Crippen LogP contribution in [0.15, 0.2) is 42.1 Å². The van der Waals surface area contributed by atoms with Crippen LogP contribution < -0.4 is 4.90 Å². The molecule has 15 heavy (non-hydrogen) atoms. The molecular weight excluding hydrogens is 184 g/mol. The molecule has 0 atom stereocenters. The monoisotopic (exact) mass is 201 g/mol. The first-order valence-electron chi connectivity index (χ1n) is 5.24. The average Bonchev–Trinajstić information content (AvgIpc) is 2.25. The van der Waals surface area contributed by atoms with E-state index in [1.807, 2.05) is 6.07 Å². The third-order valence-corrected chi connectivity index (χ3v) is 2.87. The smallest absolute Gasteiger partial charge is 0.222 e. The van der Waals surface area contributed by atoms with Crippen LogP contribution in [0.3, 0.4) is 0 Å². The minimum absolute atomic E-state index is 0.929. The molecule has 1 aliphatic rings. The molecular formula is C13H17N2+. The Labute approximate surface area is 91.2 Å². The van der Waals surface area contributed by atoms with E-state index < -0.39 is 0 Å². The van der Waals surface area contributed by atoms with Gasteiger partial charge in [-0.05, 0) is 19.1 Å². The number of hydrogen-bond donors (Lipinski definition) is 0. The van der Waals surface area contributed by atoms with Crippen molar-refractivity contribution in [1.82, 2.24) is 0 Å². The van der Waals surface area contributed by atoms with Crippen molar-refractivity contribution in [1.29, 1.82) is 0 Å². The Morgan fingerprint density at radius 3 is 2.47 bits per heavy atom. The molecule has 2 nitrogen and oxygen atoms in total. The molecule has 78 valence electrons. The summed E-state index contributed by atoms with van der Waals surface area (Å²) in [7, 11) is 2.12. The topological polar surface area (TPSA) is 6.25 Å². The molecule has 0 spiro atoms. The van der Waals surface area contributed by atoms with Gasteiger partial charge in [-0.15, -0.1) is 0 Å². The van der Waals surface area contributed by atoms with Crippen LogP contribution in [0.25, 0.3) is 0 Å². The van der Waals surface area contributed by atoms with Gasteiger partial charge >= 0.3 is 0 Å². The van der Waals surface area contributed by atoms with Crippen LogP contribution in [0, 0.1) is 0 Å². The Bertz CT molecular complexity index is 415. The predicted molar refractivity (Wildman–Crippen MR) is 64.4 cm³/mol. The van der Waals surface area contributed by atoms with Crippen LogP contribution in [0.5, 0.6) is 0 Å². The van der Waals surface area contributed by atoms with Gasteiger partial charge in [0.25, 0.3) is 0 Å². The molecule has 0 fully saturated rings. The molecule has 2 heteroatoms. The zero-order chi connectivity index (χ0) is 10.8.